The second-order valence-electron chi connectivity index (χ2n) is 6.53. The molecule has 0 radical (unpaired) electrons. The second kappa shape index (κ2) is 7.45. The third-order valence-corrected chi connectivity index (χ3v) is 4.74. The Hall–Kier alpha value is -3.42. The molecule has 2 heterocycles. The van der Waals surface area contributed by atoms with E-state index in [0.717, 1.165) is 36.1 Å². The monoisotopic (exact) mass is 364 g/mol. The number of para-hydroxylation sites is 1. The molecule has 0 saturated carbocycles. The molecule has 3 aromatic rings. The summed E-state index contributed by atoms with van der Waals surface area (Å²) in [5.41, 5.74) is 3.62. The van der Waals surface area contributed by atoms with Gasteiger partial charge in [0.2, 0.25) is 0 Å². The van der Waals surface area contributed by atoms with Crippen LogP contribution < -0.4 is 10.6 Å². The first-order chi connectivity index (χ1) is 13.2. The Bertz CT molecular complexity index is 947. The zero-order valence-corrected chi connectivity index (χ0v) is 14.7. The lowest BCUT2D eigenvalue weighted by atomic mass is 9.93. The molecule has 1 aliphatic rings. The number of carbonyl (C=O) groups is 2. The summed E-state index contributed by atoms with van der Waals surface area (Å²) < 4.78 is 1.65. The van der Waals surface area contributed by atoms with Gasteiger partial charge in [-0.3, -0.25) is 9.59 Å². The van der Waals surface area contributed by atoms with Crippen LogP contribution in [0.4, 0.5) is 5.69 Å². The molecule has 0 fully saturated rings. The summed E-state index contributed by atoms with van der Waals surface area (Å²) in [6.45, 7) is 0.452. The molecule has 0 spiro atoms. The van der Waals surface area contributed by atoms with Crippen LogP contribution in [0.1, 0.15) is 35.7 Å². The van der Waals surface area contributed by atoms with E-state index in [4.69, 9.17) is 0 Å². The zero-order chi connectivity index (χ0) is 18.6. The lowest BCUT2D eigenvalue weighted by molar-refractivity contribution is -0.136. The predicted octanol–water partition coefficient (Wildman–Crippen LogP) is 1.79. The Labute approximate surface area is 156 Å². The van der Waals surface area contributed by atoms with E-state index in [9.17, 15) is 9.59 Å². The van der Waals surface area contributed by atoms with Gasteiger partial charge in [-0.15, -0.1) is 0 Å². The number of nitrogens with one attached hydrogen (secondary N) is 3. The maximum absolute atomic E-state index is 12.4. The second-order valence-corrected chi connectivity index (χ2v) is 6.53. The van der Waals surface area contributed by atoms with Gasteiger partial charge in [0.15, 0.2) is 0 Å². The molecule has 8 heteroatoms. The van der Waals surface area contributed by atoms with Crippen molar-refractivity contribution >= 4 is 17.5 Å². The van der Waals surface area contributed by atoms with Gasteiger partial charge in [0.1, 0.15) is 12.7 Å². The van der Waals surface area contributed by atoms with Crippen LogP contribution in [0.15, 0.2) is 49.2 Å². The number of aromatic amines is 1. The number of hydrogen-bond acceptors (Lipinski definition) is 4. The number of aryl methyl sites for hydroxylation is 1. The number of hydrogen-bond donors (Lipinski definition) is 3. The first kappa shape index (κ1) is 17.0. The van der Waals surface area contributed by atoms with Gasteiger partial charge in [0.05, 0.1) is 12.6 Å². The predicted molar refractivity (Wildman–Crippen MR) is 98.8 cm³/mol. The standard InChI is InChI=1S/C19H20N6O2/c26-18(19(27)24-17-7-3-6-16-14(17)8-9-21-16)23-15-5-2-1-4-13(15)10-25-12-20-11-22-25/h1-2,4-5,8-9,11-12,17,21H,3,6-7,10H2,(H,23,26)(H,24,27). The van der Waals surface area contributed by atoms with Crippen LogP contribution in [0.3, 0.4) is 0 Å². The molecule has 0 aliphatic heterocycles. The highest BCUT2D eigenvalue weighted by atomic mass is 16.2. The minimum atomic E-state index is -0.677. The van der Waals surface area contributed by atoms with Crippen molar-refractivity contribution in [1.29, 1.82) is 0 Å². The van der Waals surface area contributed by atoms with Crippen molar-refractivity contribution < 1.29 is 9.59 Å². The van der Waals surface area contributed by atoms with E-state index in [1.807, 2.05) is 30.5 Å². The molecule has 0 saturated heterocycles. The van der Waals surface area contributed by atoms with E-state index >= 15 is 0 Å². The van der Waals surface area contributed by atoms with Crippen LogP contribution in [0.5, 0.6) is 0 Å². The van der Waals surface area contributed by atoms with Crippen molar-refractivity contribution in [2.45, 2.75) is 31.8 Å². The minimum Gasteiger partial charge on any atom is -0.365 e. The molecular weight excluding hydrogens is 344 g/mol. The summed E-state index contributed by atoms with van der Waals surface area (Å²) >= 11 is 0. The molecule has 138 valence electrons. The first-order valence-electron chi connectivity index (χ1n) is 8.89. The van der Waals surface area contributed by atoms with Crippen molar-refractivity contribution in [3.63, 3.8) is 0 Å². The molecule has 8 nitrogen and oxygen atoms in total. The summed E-state index contributed by atoms with van der Waals surface area (Å²) in [5.74, 6) is -1.31. The van der Waals surface area contributed by atoms with Gasteiger partial charge in [0, 0.05) is 17.6 Å². The Balaban J connectivity index is 1.43. The highest BCUT2D eigenvalue weighted by Gasteiger charge is 2.25. The van der Waals surface area contributed by atoms with Crippen molar-refractivity contribution in [2.75, 3.05) is 5.32 Å². The molecule has 4 rings (SSSR count). The van der Waals surface area contributed by atoms with Crippen LogP contribution in [-0.2, 0) is 22.6 Å². The Morgan fingerprint density at radius 1 is 1.22 bits per heavy atom. The fraction of sp³-hybridized carbons (Fsp3) is 0.263. The number of H-pyrrole nitrogens is 1. The van der Waals surface area contributed by atoms with Crippen LogP contribution in [0.25, 0.3) is 0 Å². The topological polar surface area (TPSA) is 105 Å². The van der Waals surface area contributed by atoms with Crippen LogP contribution in [0, 0.1) is 0 Å². The van der Waals surface area contributed by atoms with Gasteiger partial charge >= 0.3 is 11.8 Å². The molecule has 1 atom stereocenters. The number of anilines is 1. The van der Waals surface area contributed by atoms with Crippen molar-refractivity contribution in [3.05, 3.63) is 66.0 Å². The number of benzene rings is 1. The summed E-state index contributed by atoms with van der Waals surface area (Å²) in [6, 6.07) is 9.15. The molecule has 1 aromatic carbocycles. The lowest BCUT2D eigenvalue weighted by Gasteiger charge is -2.23. The van der Waals surface area contributed by atoms with Crippen LogP contribution in [-0.4, -0.2) is 31.6 Å². The van der Waals surface area contributed by atoms with E-state index < -0.39 is 11.8 Å². The van der Waals surface area contributed by atoms with Gasteiger partial charge < -0.3 is 15.6 Å². The van der Waals surface area contributed by atoms with E-state index in [1.165, 1.54) is 6.33 Å². The summed E-state index contributed by atoms with van der Waals surface area (Å²) in [5, 5.41) is 9.63. The first-order valence-corrected chi connectivity index (χ1v) is 8.89. The summed E-state index contributed by atoms with van der Waals surface area (Å²) in [6.07, 6.45) is 7.69. The van der Waals surface area contributed by atoms with Gasteiger partial charge in [-0.2, -0.15) is 5.10 Å². The normalized spacial score (nSPS) is 15.8. The third kappa shape index (κ3) is 3.74. The molecule has 27 heavy (non-hydrogen) atoms. The Kier molecular flexibility index (Phi) is 4.69. The van der Waals surface area contributed by atoms with Gasteiger partial charge in [-0.1, -0.05) is 18.2 Å². The fourth-order valence-corrected chi connectivity index (χ4v) is 3.42. The van der Waals surface area contributed by atoms with Gasteiger partial charge in [-0.25, -0.2) is 9.67 Å². The average Bonchev–Trinajstić information content (AvgIpc) is 3.35. The minimum absolute atomic E-state index is 0.136. The van der Waals surface area contributed by atoms with E-state index in [1.54, 1.807) is 17.1 Å². The molecule has 0 bridgehead atoms. The smallest absolute Gasteiger partial charge is 0.313 e. The quantitative estimate of drug-likeness (QED) is 0.614. The maximum Gasteiger partial charge on any atom is 0.313 e. The summed E-state index contributed by atoms with van der Waals surface area (Å²) in [7, 11) is 0. The Morgan fingerprint density at radius 2 is 2.11 bits per heavy atom. The Morgan fingerprint density at radius 3 is 2.96 bits per heavy atom. The van der Waals surface area contributed by atoms with Crippen LogP contribution in [0.2, 0.25) is 0 Å². The zero-order valence-electron chi connectivity index (χ0n) is 14.7. The molecule has 2 amide bonds. The molecule has 2 aromatic heterocycles. The molecular formula is C19H20N6O2. The number of nitrogens with zero attached hydrogens (tertiary/aromatic N) is 3. The van der Waals surface area contributed by atoms with E-state index in [2.05, 4.69) is 25.7 Å². The fourth-order valence-electron chi connectivity index (χ4n) is 3.42. The number of carbonyl (C=O) groups excluding carboxylic acids is 2. The number of aromatic nitrogens is 4. The van der Waals surface area contributed by atoms with E-state index in [0.29, 0.717) is 12.2 Å². The highest BCUT2D eigenvalue weighted by molar-refractivity contribution is 6.39. The number of amides is 2. The third-order valence-electron chi connectivity index (χ3n) is 4.74. The van der Waals surface area contributed by atoms with Gasteiger partial charge in [0.25, 0.3) is 0 Å². The maximum atomic E-state index is 12.4. The summed E-state index contributed by atoms with van der Waals surface area (Å²) in [4.78, 5) is 31.9. The number of rotatable bonds is 4. The van der Waals surface area contributed by atoms with Gasteiger partial charge in [-0.05, 0) is 42.5 Å². The largest absolute Gasteiger partial charge is 0.365 e. The molecule has 3 N–H and O–H groups in total. The van der Waals surface area contributed by atoms with Crippen molar-refractivity contribution in [1.82, 2.24) is 25.1 Å². The average molecular weight is 364 g/mol. The molecule has 1 aliphatic carbocycles. The van der Waals surface area contributed by atoms with E-state index in [-0.39, 0.29) is 6.04 Å². The lowest BCUT2D eigenvalue weighted by Crippen LogP contribution is -2.39. The van der Waals surface area contributed by atoms with Crippen molar-refractivity contribution in [3.8, 4) is 0 Å². The molecule has 1 unspecified atom stereocenters. The number of fused-ring (bicyclic) bond motifs is 1. The van der Waals surface area contributed by atoms with Crippen molar-refractivity contribution in [2.24, 2.45) is 0 Å². The van der Waals surface area contributed by atoms with Crippen LogP contribution >= 0.6 is 0 Å². The highest BCUT2D eigenvalue weighted by Crippen LogP contribution is 2.28. The SMILES string of the molecule is O=C(Nc1ccccc1Cn1cncn1)C(=O)NC1CCCc2[nH]ccc21.